The van der Waals surface area contributed by atoms with Crippen LogP contribution in [0.1, 0.15) is 35.2 Å². The Kier molecular flexibility index (Phi) is 5.12. The molecule has 4 N–H and O–H groups in total. The third-order valence-corrected chi connectivity index (χ3v) is 4.31. The van der Waals surface area contributed by atoms with Crippen LogP contribution in [-0.4, -0.2) is 37.6 Å². The number of amides is 3. The van der Waals surface area contributed by atoms with E-state index in [0.717, 1.165) is 31.6 Å². The van der Waals surface area contributed by atoms with Gasteiger partial charge in [-0.3, -0.25) is 4.79 Å². The van der Waals surface area contributed by atoms with Gasteiger partial charge in [-0.15, -0.1) is 0 Å². The van der Waals surface area contributed by atoms with E-state index >= 15 is 0 Å². The van der Waals surface area contributed by atoms with Crippen molar-refractivity contribution in [3.63, 3.8) is 0 Å². The lowest BCUT2D eigenvalue weighted by atomic mass is 10.1. The molecule has 1 aliphatic carbocycles. The summed E-state index contributed by atoms with van der Waals surface area (Å²) in [7, 11) is 0. The lowest BCUT2D eigenvalue weighted by Crippen LogP contribution is -2.36. The summed E-state index contributed by atoms with van der Waals surface area (Å²) in [5.74, 6) is 0.633. The van der Waals surface area contributed by atoms with Crippen LogP contribution in [0.3, 0.4) is 0 Å². The molecule has 124 valence electrons. The average molecular weight is 316 g/mol. The molecule has 1 saturated heterocycles. The number of carbonyl (C=O) groups is 2. The zero-order chi connectivity index (χ0) is 16.1. The molecule has 6 heteroatoms. The Morgan fingerprint density at radius 1 is 1.09 bits per heavy atom. The van der Waals surface area contributed by atoms with E-state index in [1.165, 1.54) is 12.8 Å². The van der Waals surface area contributed by atoms with E-state index in [2.05, 4.69) is 21.3 Å². The van der Waals surface area contributed by atoms with E-state index in [9.17, 15) is 9.59 Å². The van der Waals surface area contributed by atoms with Crippen molar-refractivity contribution in [1.29, 1.82) is 0 Å². The van der Waals surface area contributed by atoms with Gasteiger partial charge in [-0.25, -0.2) is 4.79 Å². The quantitative estimate of drug-likeness (QED) is 0.632. The van der Waals surface area contributed by atoms with E-state index in [0.29, 0.717) is 18.0 Å². The molecule has 0 radical (unpaired) electrons. The lowest BCUT2D eigenvalue weighted by molar-refractivity contribution is 0.0940. The molecular formula is C17H24N4O2. The van der Waals surface area contributed by atoms with Gasteiger partial charge >= 0.3 is 6.03 Å². The maximum Gasteiger partial charge on any atom is 0.315 e. The molecule has 2 aliphatic rings. The Balaban J connectivity index is 1.42. The number of rotatable bonds is 6. The van der Waals surface area contributed by atoms with Crippen LogP contribution < -0.4 is 21.3 Å². The highest BCUT2D eigenvalue weighted by Gasteiger charge is 2.21. The maximum atomic E-state index is 12.1. The first kappa shape index (κ1) is 15.8. The predicted octanol–water partition coefficient (Wildman–Crippen LogP) is 0.987. The fraction of sp³-hybridized carbons (Fsp3) is 0.529. The van der Waals surface area contributed by atoms with Gasteiger partial charge in [0.05, 0.1) is 0 Å². The summed E-state index contributed by atoms with van der Waals surface area (Å²) in [5, 5.41) is 11.9. The predicted molar refractivity (Wildman–Crippen MR) is 88.1 cm³/mol. The molecule has 0 spiro atoms. The molecule has 23 heavy (non-hydrogen) atoms. The molecule has 0 bridgehead atoms. The summed E-state index contributed by atoms with van der Waals surface area (Å²) in [5.41, 5.74) is 1.63. The molecule has 2 fully saturated rings. The van der Waals surface area contributed by atoms with E-state index in [4.69, 9.17) is 0 Å². The Bertz CT molecular complexity index is 548. The zero-order valence-corrected chi connectivity index (χ0v) is 13.2. The molecule has 6 nitrogen and oxygen atoms in total. The molecule has 1 heterocycles. The zero-order valence-electron chi connectivity index (χ0n) is 13.2. The van der Waals surface area contributed by atoms with Gasteiger partial charge in [-0.1, -0.05) is 12.1 Å². The van der Waals surface area contributed by atoms with Crippen LogP contribution in [0.4, 0.5) is 4.79 Å². The third-order valence-electron chi connectivity index (χ3n) is 4.31. The van der Waals surface area contributed by atoms with Crippen molar-refractivity contribution in [2.45, 2.75) is 31.8 Å². The molecule has 3 amide bonds. The minimum absolute atomic E-state index is 0.0413. The Morgan fingerprint density at radius 2 is 1.87 bits per heavy atom. The van der Waals surface area contributed by atoms with Gasteiger partial charge in [0.2, 0.25) is 0 Å². The Hall–Kier alpha value is -2.08. The minimum atomic E-state index is -0.132. The monoisotopic (exact) mass is 316 g/mol. The Morgan fingerprint density at radius 3 is 2.52 bits per heavy atom. The number of hydrogen-bond acceptors (Lipinski definition) is 3. The second-order valence-electron chi connectivity index (χ2n) is 6.37. The van der Waals surface area contributed by atoms with Crippen LogP contribution in [0, 0.1) is 5.92 Å². The summed E-state index contributed by atoms with van der Waals surface area (Å²) in [6, 6.07) is 7.45. The first-order chi connectivity index (χ1) is 11.2. The van der Waals surface area contributed by atoms with Gasteiger partial charge in [0.1, 0.15) is 0 Å². The van der Waals surface area contributed by atoms with E-state index < -0.39 is 0 Å². The molecule has 1 aromatic carbocycles. The summed E-state index contributed by atoms with van der Waals surface area (Å²) in [6.45, 7) is 3.02. The van der Waals surface area contributed by atoms with E-state index in [-0.39, 0.29) is 18.0 Å². The van der Waals surface area contributed by atoms with Crippen LogP contribution in [0.2, 0.25) is 0 Å². The standard InChI is InChI=1S/C17H24N4O2/c22-16(21-15-7-8-18-11-15)14-5-3-13(4-6-14)10-20-17(23)19-9-12-1-2-12/h3-6,12,15,18H,1-2,7-11H2,(H,21,22)(H2,19,20,23). The minimum Gasteiger partial charge on any atom is -0.348 e. The van der Waals surface area contributed by atoms with Gasteiger partial charge < -0.3 is 21.3 Å². The van der Waals surface area contributed by atoms with E-state index in [1.807, 2.05) is 12.1 Å². The van der Waals surface area contributed by atoms with Crippen LogP contribution in [0.5, 0.6) is 0 Å². The van der Waals surface area contributed by atoms with Crippen molar-refractivity contribution < 1.29 is 9.59 Å². The number of hydrogen-bond donors (Lipinski definition) is 4. The van der Waals surface area contributed by atoms with Crippen molar-refractivity contribution in [1.82, 2.24) is 21.3 Å². The SMILES string of the molecule is O=C(NCc1ccc(C(=O)NC2CCNC2)cc1)NCC1CC1. The van der Waals surface area contributed by atoms with Crippen molar-refractivity contribution >= 4 is 11.9 Å². The highest BCUT2D eigenvalue weighted by Crippen LogP contribution is 2.27. The molecular weight excluding hydrogens is 292 g/mol. The lowest BCUT2D eigenvalue weighted by Gasteiger charge is -2.12. The molecule has 3 rings (SSSR count). The second-order valence-corrected chi connectivity index (χ2v) is 6.37. The van der Waals surface area contributed by atoms with Gasteiger partial charge in [0.15, 0.2) is 0 Å². The highest BCUT2D eigenvalue weighted by molar-refractivity contribution is 5.94. The molecule has 1 aromatic rings. The third kappa shape index (κ3) is 4.96. The fourth-order valence-corrected chi connectivity index (χ4v) is 2.62. The second kappa shape index (κ2) is 7.46. The summed E-state index contributed by atoms with van der Waals surface area (Å²) in [6.07, 6.45) is 3.42. The molecule has 1 atom stereocenters. The number of benzene rings is 1. The Labute approximate surface area is 136 Å². The van der Waals surface area contributed by atoms with Crippen molar-refractivity contribution in [3.8, 4) is 0 Å². The largest absolute Gasteiger partial charge is 0.348 e. The molecule has 1 aliphatic heterocycles. The van der Waals surface area contributed by atoms with Crippen LogP contribution in [0.15, 0.2) is 24.3 Å². The van der Waals surface area contributed by atoms with Gasteiger partial charge in [0, 0.05) is 31.2 Å². The first-order valence-electron chi connectivity index (χ1n) is 8.33. The van der Waals surface area contributed by atoms with Gasteiger partial charge in [-0.05, 0) is 49.4 Å². The highest BCUT2D eigenvalue weighted by atomic mass is 16.2. The van der Waals surface area contributed by atoms with Gasteiger partial charge in [-0.2, -0.15) is 0 Å². The number of urea groups is 1. The molecule has 1 saturated carbocycles. The maximum absolute atomic E-state index is 12.1. The number of carbonyl (C=O) groups excluding carboxylic acids is 2. The van der Waals surface area contributed by atoms with Crippen molar-refractivity contribution in [2.24, 2.45) is 5.92 Å². The van der Waals surface area contributed by atoms with Crippen LogP contribution in [-0.2, 0) is 6.54 Å². The topological polar surface area (TPSA) is 82.3 Å². The smallest absolute Gasteiger partial charge is 0.315 e. The number of nitrogens with one attached hydrogen (secondary N) is 4. The average Bonchev–Trinajstić information content (AvgIpc) is 3.27. The first-order valence-corrected chi connectivity index (χ1v) is 8.33. The van der Waals surface area contributed by atoms with Crippen LogP contribution >= 0.6 is 0 Å². The normalized spacial score (nSPS) is 20.1. The summed E-state index contributed by atoms with van der Waals surface area (Å²) in [4.78, 5) is 23.7. The van der Waals surface area contributed by atoms with Crippen molar-refractivity contribution in [3.05, 3.63) is 35.4 Å². The van der Waals surface area contributed by atoms with Crippen LogP contribution in [0.25, 0.3) is 0 Å². The molecule has 1 unspecified atom stereocenters. The van der Waals surface area contributed by atoms with E-state index in [1.54, 1.807) is 12.1 Å². The van der Waals surface area contributed by atoms with Gasteiger partial charge in [0.25, 0.3) is 5.91 Å². The fourth-order valence-electron chi connectivity index (χ4n) is 2.62. The summed E-state index contributed by atoms with van der Waals surface area (Å²) >= 11 is 0. The summed E-state index contributed by atoms with van der Waals surface area (Å²) < 4.78 is 0. The molecule has 0 aromatic heterocycles. The van der Waals surface area contributed by atoms with Crippen molar-refractivity contribution in [2.75, 3.05) is 19.6 Å².